The van der Waals surface area contributed by atoms with E-state index in [9.17, 15) is 4.39 Å². The van der Waals surface area contributed by atoms with Gasteiger partial charge >= 0.3 is 0 Å². The SMILES string of the molecule is Fc1ccc(CCNc2ncnc3nc(-c4ccccc4)c(-c4ccccc4)nc23)cc1. The lowest BCUT2D eigenvalue weighted by molar-refractivity contribution is 0.627. The number of benzene rings is 3. The minimum absolute atomic E-state index is 0.235. The molecule has 0 saturated carbocycles. The first-order valence-electron chi connectivity index (χ1n) is 10.4. The highest BCUT2D eigenvalue weighted by Gasteiger charge is 2.16. The molecule has 0 amide bonds. The summed E-state index contributed by atoms with van der Waals surface area (Å²) in [6, 6.07) is 26.5. The van der Waals surface area contributed by atoms with Gasteiger partial charge in [0, 0.05) is 17.7 Å². The van der Waals surface area contributed by atoms with Gasteiger partial charge in [0.15, 0.2) is 17.0 Å². The molecule has 3 aromatic carbocycles. The molecule has 156 valence electrons. The average molecular weight is 421 g/mol. The number of halogens is 1. The molecule has 5 aromatic rings. The van der Waals surface area contributed by atoms with Crippen LogP contribution in [0.2, 0.25) is 0 Å². The van der Waals surface area contributed by atoms with Crippen molar-refractivity contribution in [3.8, 4) is 22.5 Å². The minimum atomic E-state index is -0.235. The Balaban J connectivity index is 1.53. The van der Waals surface area contributed by atoms with Gasteiger partial charge in [-0.15, -0.1) is 0 Å². The first kappa shape index (κ1) is 19.8. The van der Waals surface area contributed by atoms with Crippen molar-refractivity contribution in [3.63, 3.8) is 0 Å². The molecule has 0 aliphatic rings. The molecular weight excluding hydrogens is 401 g/mol. The van der Waals surface area contributed by atoms with E-state index in [4.69, 9.17) is 9.97 Å². The van der Waals surface area contributed by atoms with Gasteiger partial charge < -0.3 is 5.32 Å². The molecule has 6 heteroatoms. The molecule has 0 saturated heterocycles. The summed E-state index contributed by atoms with van der Waals surface area (Å²) < 4.78 is 13.1. The monoisotopic (exact) mass is 421 g/mol. The molecule has 0 radical (unpaired) electrons. The second-order valence-electron chi connectivity index (χ2n) is 7.35. The van der Waals surface area contributed by atoms with E-state index in [1.807, 2.05) is 60.7 Å². The van der Waals surface area contributed by atoms with Crippen LogP contribution in [0.4, 0.5) is 10.2 Å². The number of nitrogens with one attached hydrogen (secondary N) is 1. The normalized spacial score (nSPS) is 10.9. The van der Waals surface area contributed by atoms with Crippen molar-refractivity contribution in [3.05, 3.63) is 103 Å². The van der Waals surface area contributed by atoms with Gasteiger partial charge in [0.1, 0.15) is 12.1 Å². The summed E-state index contributed by atoms with van der Waals surface area (Å²) in [7, 11) is 0. The van der Waals surface area contributed by atoms with Gasteiger partial charge in [0.25, 0.3) is 0 Å². The smallest absolute Gasteiger partial charge is 0.184 e. The molecule has 0 fully saturated rings. The first-order valence-corrected chi connectivity index (χ1v) is 10.4. The summed E-state index contributed by atoms with van der Waals surface area (Å²) in [5.41, 5.74) is 5.70. The number of aromatic nitrogens is 4. The second-order valence-corrected chi connectivity index (χ2v) is 7.35. The van der Waals surface area contributed by atoms with Crippen molar-refractivity contribution in [2.24, 2.45) is 0 Å². The largest absolute Gasteiger partial charge is 0.368 e. The minimum Gasteiger partial charge on any atom is -0.368 e. The molecule has 5 nitrogen and oxygen atoms in total. The number of anilines is 1. The van der Waals surface area contributed by atoms with Crippen LogP contribution in [0, 0.1) is 5.82 Å². The molecule has 0 aliphatic heterocycles. The number of nitrogens with zero attached hydrogens (tertiary/aromatic N) is 4. The molecule has 2 heterocycles. The first-order chi connectivity index (χ1) is 15.8. The van der Waals surface area contributed by atoms with E-state index in [0.717, 1.165) is 34.5 Å². The highest BCUT2D eigenvalue weighted by atomic mass is 19.1. The summed E-state index contributed by atoms with van der Waals surface area (Å²) in [5.74, 6) is 0.392. The Bertz CT molecular complexity index is 1340. The van der Waals surface area contributed by atoms with Crippen LogP contribution >= 0.6 is 0 Å². The lowest BCUT2D eigenvalue weighted by Gasteiger charge is -2.12. The predicted octanol–water partition coefficient (Wildman–Crippen LogP) is 5.55. The van der Waals surface area contributed by atoms with Crippen molar-refractivity contribution in [1.29, 1.82) is 0 Å². The van der Waals surface area contributed by atoms with E-state index in [0.29, 0.717) is 23.5 Å². The van der Waals surface area contributed by atoms with Crippen molar-refractivity contribution >= 4 is 17.0 Å². The highest BCUT2D eigenvalue weighted by Crippen LogP contribution is 2.31. The van der Waals surface area contributed by atoms with Crippen LogP contribution in [0.5, 0.6) is 0 Å². The third-order valence-corrected chi connectivity index (χ3v) is 5.18. The molecule has 2 aromatic heterocycles. The van der Waals surface area contributed by atoms with Crippen molar-refractivity contribution in [2.75, 3.05) is 11.9 Å². The van der Waals surface area contributed by atoms with Crippen molar-refractivity contribution < 1.29 is 4.39 Å². The zero-order valence-electron chi connectivity index (χ0n) is 17.2. The van der Waals surface area contributed by atoms with Crippen LogP contribution in [0.1, 0.15) is 5.56 Å². The summed E-state index contributed by atoms with van der Waals surface area (Å²) >= 11 is 0. The van der Waals surface area contributed by atoms with E-state index >= 15 is 0 Å². The van der Waals surface area contributed by atoms with E-state index in [1.165, 1.54) is 18.5 Å². The molecule has 5 rings (SSSR count). The van der Waals surface area contributed by atoms with Gasteiger partial charge in [-0.25, -0.2) is 24.3 Å². The number of fused-ring (bicyclic) bond motifs is 1. The van der Waals surface area contributed by atoms with Crippen LogP contribution in [0.25, 0.3) is 33.7 Å². The molecule has 32 heavy (non-hydrogen) atoms. The molecule has 1 N–H and O–H groups in total. The molecule has 0 spiro atoms. The third-order valence-electron chi connectivity index (χ3n) is 5.18. The Morgan fingerprint density at radius 3 is 1.97 bits per heavy atom. The maximum Gasteiger partial charge on any atom is 0.184 e. The molecule has 0 bridgehead atoms. The number of hydrogen-bond donors (Lipinski definition) is 1. The summed E-state index contributed by atoms with van der Waals surface area (Å²) in [6.07, 6.45) is 2.22. The summed E-state index contributed by atoms with van der Waals surface area (Å²) in [6.45, 7) is 0.626. The lowest BCUT2D eigenvalue weighted by Crippen LogP contribution is -2.09. The molecule has 0 unspecified atom stereocenters. The Morgan fingerprint density at radius 2 is 1.31 bits per heavy atom. The lowest BCUT2D eigenvalue weighted by atomic mass is 10.0. The quantitative estimate of drug-likeness (QED) is 0.390. The summed E-state index contributed by atoms with van der Waals surface area (Å²) in [5, 5.41) is 3.34. The van der Waals surface area contributed by atoms with Gasteiger partial charge in [0.05, 0.1) is 11.4 Å². The van der Waals surface area contributed by atoms with Crippen LogP contribution < -0.4 is 5.32 Å². The Kier molecular flexibility index (Phi) is 5.49. The Hall–Kier alpha value is -4.19. The fraction of sp³-hybridized carbons (Fsp3) is 0.0769. The van der Waals surface area contributed by atoms with Crippen molar-refractivity contribution in [2.45, 2.75) is 6.42 Å². The van der Waals surface area contributed by atoms with Crippen LogP contribution in [-0.2, 0) is 6.42 Å². The molecular formula is C26H20FN5. The van der Waals surface area contributed by atoms with E-state index in [2.05, 4.69) is 15.3 Å². The fourth-order valence-electron chi connectivity index (χ4n) is 3.58. The Morgan fingerprint density at radius 1 is 0.688 bits per heavy atom. The predicted molar refractivity (Wildman–Crippen MR) is 125 cm³/mol. The fourth-order valence-corrected chi connectivity index (χ4v) is 3.58. The van der Waals surface area contributed by atoms with E-state index < -0.39 is 0 Å². The number of rotatable bonds is 6. The van der Waals surface area contributed by atoms with E-state index in [-0.39, 0.29) is 5.82 Å². The highest BCUT2D eigenvalue weighted by molar-refractivity contribution is 5.89. The number of hydrogen-bond acceptors (Lipinski definition) is 5. The maximum absolute atomic E-state index is 13.1. The van der Waals surface area contributed by atoms with Crippen LogP contribution in [0.3, 0.4) is 0 Å². The third kappa shape index (κ3) is 4.16. The van der Waals surface area contributed by atoms with Gasteiger partial charge in [-0.2, -0.15) is 0 Å². The van der Waals surface area contributed by atoms with Crippen molar-refractivity contribution in [1.82, 2.24) is 19.9 Å². The zero-order chi connectivity index (χ0) is 21.8. The van der Waals surface area contributed by atoms with Gasteiger partial charge in [-0.05, 0) is 24.1 Å². The zero-order valence-corrected chi connectivity index (χ0v) is 17.2. The molecule has 0 aliphatic carbocycles. The molecule has 0 atom stereocenters. The van der Waals surface area contributed by atoms with Gasteiger partial charge in [-0.1, -0.05) is 72.8 Å². The maximum atomic E-state index is 13.1. The van der Waals surface area contributed by atoms with Gasteiger partial charge in [-0.3, -0.25) is 0 Å². The topological polar surface area (TPSA) is 63.6 Å². The second kappa shape index (κ2) is 8.89. The van der Waals surface area contributed by atoms with Crippen LogP contribution in [0.15, 0.2) is 91.3 Å². The van der Waals surface area contributed by atoms with E-state index in [1.54, 1.807) is 12.1 Å². The average Bonchev–Trinajstić information content (AvgIpc) is 2.86. The Labute approximate surface area is 185 Å². The summed E-state index contributed by atoms with van der Waals surface area (Å²) in [4.78, 5) is 18.6. The van der Waals surface area contributed by atoms with Crippen LogP contribution in [-0.4, -0.2) is 26.5 Å². The standard InChI is InChI=1S/C26H20FN5/c27-21-13-11-18(12-14-21)15-16-28-25-24-26(30-17-29-25)32-23(20-9-5-2-6-10-20)22(31-24)19-7-3-1-4-8-19/h1-14,17H,15-16H2,(H,28,29,30,32). The van der Waals surface area contributed by atoms with Gasteiger partial charge in [0.2, 0.25) is 0 Å².